The minimum Gasteiger partial charge on any atom is -0.369 e. The minimum atomic E-state index is 0.689. The molecule has 0 saturated carbocycles. The van der Waals surface area contributed by atoms with Crippen LogP contribution in [0.3, 0.4) is 0 Å². The zero-order valence-corrected chi connectivity index (χ0v) is 11.8. The molecular weight excluding hydrogens is 262 g/mol. The van der Waals surface area contributed by atoms with Crippen molar-refractivity contribution >= 4 is 21.6 Å². The van der Waals surface area contributed by atoms with Gasteiger partial charge in [0.1, 0.15) is 0 Å². The molecule has 1 aliphatic rings. The van der Waals surface area contributed by atoms with Gasteiger partial charge in [0.15, 0.2) is 0 Å². The van der Waals surface area contributed by atoms with E-state index in [2.05, 4.69) is 52.9 Å². The Labute approximate surface area is 107 Å². The average molecular weight is 282 g/mol. The number of alkyl halides is 1. The lowest BCUT2D eigenvalue weighted by molar-refractivity contribution is 0.484. The molecule has 16 heavy (non-hydrogen) atoms. The fourth-order valence-electron chi connectivity index (χ4n) is 2.56. The van der Waals surface area contributed by atoms with Gasteiger partial charge in [0.25, 0.3) is 0 Å². The highest BCUT2D eigenvalue weighted by Gasteiger charge is 2.20. The normalized spacial score (nSPS) is 21.2. The first kappa shape index (κ1) is 12.0. The van der Waals surface area contributed by atoms with Gasteiger partial charge in [0.2, 0.25) is 0 Å². The topological polar surface area (TPSA) is 3.24 Å². The Kier molecular flexibility index (Phi) is 3.91. The van der Waals surface area contributed by atoms with Gasteiger partial charge < -0.3 is 4.90 Å². The number of anilines is 1. The van der Waals surface area contributed by atoms with E-state index in [1.165, 1.54) is 42.6 Å². The predicted octanol–water partition coefficient (Wildman–Crippen LogP) is 4.27. The van der Waals surface area contributed by atoms with Crippen LogP contribution in [0.4, 0.5) is 5.69 Å². The van der Waals surface area contributed by atoms with Gasteiger partial charge in [0.05, 0.1) is 0 Å². The number of halogens is 1. The molecule has 1 atom stereocenters. The maximum absolute atomic E-state index is 3.60. The summed E-state index contributed by atoms with van der Waals surface area (Å²) in [5.74, 6) is 0. The lowest BCUT2D eigenvalue weighted by atomic mass is 10.0. The summed E-state index contributed by atoms with van der Waals surface area (Å²) in [7, 11) is 0. The van der Waals surface area contributed by atoms with Gasteiger partial charge >= 0.3 is 0 Å². The third-order valence-electron chi connectivity index (χ3n) is 3.49. The van der Waals surface area contributed by atoms with Crippen LogP contribution in [-0.2, 0) is 5.33 Å². The molecule has 2 heteroatoms. The highest BCUT2D eigenvalue weighted by atomic mass is 79.9. The lowest BCUT2D eigenvalue weighted by Gasteiger charge is -2.36. The van der Waals surface area contributed by atoms with Gasteiger partial charge in [-0.15, -0.1) is 0 Å². The number of benzene rings is 1. The number of hydrogen-bond donors (Lipinski definition) is 0. The number of aryl methyl sites for hydroxylation is 1. The number of rotatable bonds is 2. The van der Waals surface area contributed by atoms with Crippen LogP contribution in [0.1, 0.15) is 37.3 Å². The molecule has 88 valence electrons. The van der Waals surface area contributed by atoms with E-state index in [0.717, 1.165) is 5.33 Å². The van der Waals surface area contributed by atoms with Crippen molar-refractivity contribution in [3.8, 4) is 0 Å². The molecule has 1 aromatic rings. The second-order valence-electron chi connectivity index (χ2n) is 4.80. The molecule has 0 aliphatic carbocycles. The molecule has 0 spiro atoms. The van der Waals surface area contributed by atoms with Crippen LogP contribution in [0.15, 0.2) is 18.2 Å². The molecule has 1 heterocycles. The summed E-state index contributed by atoms with van der Waals surface area (Å²) < 4.78 is 0. The van der Waals surface area contributed by atoms with E-state index in [1.54, 1.807) is 0 Å². The molecule has 0 amide bonds. The van der Waals surface area contributed by atoms with E-state index in [-0.39, 0.29) is 0 Å². The van der Waals surface area contributed by atoms with Crippen molar-refractivity contribution in [3.63, 3.8) is 0 Å². The molecule has 0 radical (unpaired) electrons. The maximum atomic E-state index is 3.60. The smallest absolute Gasteiger partial charge is 0.0409 e. The molecule has 1 saturated heterocycles. The maximum Gasteiger partial charge on any atom is 0.0409 e. The second-order valence-corrected chi connectivity index (χ2v) is 5.36. The van der Waals surface area contributed by atoms with Crippen LogP contribution in [0.25, 0.3) is 0 Å². The van der Waals surface area contributed by atoms with Crippen molar-refractivity contribution in [2.24, 2.45) is 0 Å². The van der Waals surface area contributed by atoms with Gasteiger partial charge in [-0.05, 0) is 44.7 Å². The number of nitrogens with zero attached hydrogens (tertiary/aromatic N) is 1. The Hall–Kier alpha value is -0.500. The highest BCUT2D eigenvalue weighted by molar-refractivity contribution is 9.08. The van der Waals surface area contributed by atoms with Gasteiger partial charge in [-0.25, -0.2) is 0 Å². The zero-order valence-electron chi connectivity index (χ0n) is 10.2. The third kappa shape index (κ3) is 2.42. The van der Waals surface area contributed by atoms with E-state index in [1.807, 2.05) is 0 Å². The fraction of sp³-hybridized carbons (Fsp3) is 0.571. The Bertz CT molecular complexity index is 362. The van der Waals surface area contributed by atoms with E-state index < -0.39 is 0 Å². The molecule has 0 bridgehead atoms. The summed E-state index contributed by atoms with van der Waals surface area (Å²) >= 11 is 3.60. The van der Waals surface area contributed by atoms with Crippen LogP contribution in [0, 0.1) is 6.92 Å². The van der Waals surface area contributed by atoms with Gasteiger partial charge in [-0.2, -0.15) is 0 Å². The molecule has 1 fully saturated rings. The Morgan fingerprint density at radius 1 is 1.38 bits per heavy atom. The highest BCUT2D eigenvalue weighted by Crippen LogP contribution is 2.29. The molecular formula is C14H20BrN. The van der Waals surface area contributed by atoms with Crippen LogP contribution >= 0.6 is 15.9 Å². The lowest BCUT2D eigenvalue weighted by Crippen LogP contribution is -2.37. The first-order valence-electron chi connectivity index (χ1n) is 6.14. The Balaban J connectivity index is 2.30. The summed E-state index contributed by atoms with van der Waals surface area (Å²) in [6, 6.07) is 7.50. The molecule has 2 rings (SSSR count). The number of hydrogen-bond acceptors (Lipinski definition) is 1. The van der Waals surface area contributed by atoms with Gasteiger partial charge in [-0.1, -0.05) is 33.6 Å². The first-order valence-corrected chi connectivity index (χ1v) is 7.26. The standard InChI is InChI=1S/C14H20BrN/c1-11-6-7-14(13(9-11)10-15)16-8-4-3-5-12(16)2/h6-7,9,12H,3-5,8,10H2,1-2H3. The third-order valence-corrected chi connectivity index (χ3v) is 4.10. The Morgan fingerprint density at radius 2 is 2.19 bits per heavy atom. The van der Waals surface area contributed by atoms with E-state index >= 15 is 0 Å². The van der Waals surface area contributed by atoms with Crippen molar-refractivity contribution in [1.29, 1.82) is 0 Å². The molecule has 1 aromatic carbocycles. The van der Waals surface area contributed by atoms with Crippen molar-refractivity contribution in [2.75, 3.05) is 11.4 Å². The summed E-state index contributed by atoms with van der Waals surface area (Å²) in [6.45, 7) is 5.72. The van der Waals surface area contributed by atoms with E-state index in [4.69, 9.17) is 0 Å². The SMILES string of the molecule is Cc1ccc(N2CCCCC2C)c(CBr)c1. The average Bonchev–Trinajstić information content (AvgIpc) is 2.30. The number of piperidine rings is 1. The van der Waals surface area contributed by atoms with Crippen LogP contribution in [-0.4, -0.2) is 12.6 Å². The zero-order chi connectivity index (χ0) is 11.5. The molecule has 1 aliphatic heterocycles. The quantitative estimate of drug-likeness (QED) is 0.732. The molecule has 0 aromatic heterocycles. The van der Waals surface area contributed by atoms with Crippen LogP contribution in [0.5, 0.6) is 0 Å². The van der Waals surface area contributed by atoms with E-state index in [0.29, 0.717) is 6.04 Å². The fourth-order valence-corrected chi connectivity index (χ4v) is 3.01. The van der Waals surface area contributed by atoms with Crippen molar-refractivity contribution < 1.29 is 0 Å². The van der Waals surface area contributed by atoms with Gasteiger partial charge in [-0.3, -0.25) is 0 Å². The second kappa shape index (κ2) is 5.22. The summed E-state index contributed by atoms with van der Waals surface area (Å²) in [5.41, 5.74) is 4.20. The summed E-state index contributed by atoms with van der Waals surface area (Å²) in [4.78, 5) is 2.57. The van der Waals surface area contributed by atoms with E-state index in [9.17, 15) is 0 Å². The summed E-state index contributed by atoms with van der Waals surface area (Å²) in [6.07, 6.45) is 4.04. The van der Waals surface area contributed by atoms with Crippen molar-refractivity contribution in [3.05, 3.63) is 29.3 Å². The summed E-state index contributed by atoms with van der Waals surface area (Å²) in [5, 5.41) is 0.952. The largest absolute Gasteiger partial charge is 0.369 e. The molecule has 1 nitrogen and oxygen atoms in total. The van der Waals surface area contributed by atoms with Crippen molar-refractivity contribution in [2.45, 2.75) is 44.5 Å². The monoisotopic (exact) mass is 281 g/mol. The predicted molar refractivity (Wildman–Crippen MR) is 74.5 cm³/mol. The van der Waals surface area contributed by atoms with Crippen LogP contribution < -0.4 is 4.90 Å². The first-order chi connectivity index (χ1) is 7.72. The Morgan fingerprint density at radius 3 is 2.88 bits per heavy atom. The molecule has 0 N–H and O–H groups in total. The van der Waals surface area contributed by atoms with Crippen molar-refractivity contribution in [1.82, 2.24) is 0 Å². The van der Waals surface area contributed by atoms with Crippen LogP contribution in [0.2, 0.25) is 0 Å². The molecule has 1 unspecified atom stereocenters. The minimum absolute atomic E-state index is 0.689. The van der Waals surface area contributed by atoms with Gasteiger partial charge in [0, 0.05) is 23.6 Å².